The molecule has 4 saturated heterocycles. The van der Waals surface area contributed by atoms with Crippen molar-refractivity contribution in [3.8, 4) is 0 Å². The molecule has 4 fully saturated rings. The molecule has 0 spiro atoms. The molecular weight excluding hydrogens is 419 g/mol. The minimum Gasteiger partial charge on any atom is -0.339 e. The monoisotopic (exact) mass is 449 g/mol. The summed E-state index contributed by atoms with van der Waals surface area (Å²) >= 11 is 0. The molecule has 2 bridgehead atoms. The number of carbonyl (C=O) groups excluding carboxylic acids is 2. The van der Waals surface area contributed by atoms with E-state index in [9.17, 15) is 22.8 Å². The number of hydrogen-bond acceptors (Lipinski definition) is 3. The quantitative estimate of drug-likeness (QED) is 0.693. The smallest absolute Gasteiger partial charge is 0.339 e. The van der Waals surface area contributed by atoms with Gasteiger partial charge in [-0.1, -0.05) is 0 Å². The second kappa shape index (κ2) is 8.36. The Labute approximate surface area is 186 Å². The summed E-state index contributed by atoms with van der Waals surface area (Å²) in [5.41, 5.74) is -0.423. The van der Waals surface area contributed by atoms with Crippen LogP contribution in [0.1, 0.15) is 54.4 Å². The van der Waals surface area contributed by atoms with Gasteiger partial charge in [0.2, 0.25) is 5.91 Å². The topological polar surface area (TPSA) is 43.9 Å². The standard InChI is InChI=1S/C24H30F3N3O2/c25-24(26,27)19-6-4-17(5-7-19)23(32)28-10-8-20(9-11-28)29-13-16-12-18(15-29)21-2-1-3-22(31)30(21)14-16/h4-7,16,18,20-21H,1-3,8-15H2/t16?,18?,21-/m1/s1. The highest BCUT2D eigenvalue weighted by atomic mass is 19.4. The Morgan fingerprint density at radius 3 is 2.38 bits per heavy atom. The van der Waals surface area contributed by atoms with Crippen molar-refractivity contribution in [2.24, 2.45) is 11.8 Å². The van der Waals surface area contributed by atoms with E-state index >= 15 is 0 Å². The van der Waals surface area contributed by atoms with Crippen LogP contribution in [0.15, 0.2) is 24.3 Å². The highest BCUT2D eigenvalue weighted by Gasteiger charge is 2.45. The van der Waals surface area contributed by atoms with Crippen LogP contribution < -0.4 is 0 Å². The lowest BCUT2D eigenvalue weighted by atomic mass is 9.75. The summed E-state index contributed by atoms with van der Waals surface area (Å²) in [6, 6.07) is 5.34. The number of alkyl halides is 3. The third-order valence-corrected chi connectivity index (χ3v) is 7.94. The SMILES string of the molecule is O=C(c1ccc(C(F)(F)F)cc1)N1CCC(N2CC3CC(C2)[C@H]2CCCC(=O)N2C3)CC1. The van der Waals surface area contributed by atoms with E-state index in [-0.39, 0.29) is 5.91 Å². The van der Waals surface area contributed by atoms with Crippen molar-refractivity contribution in [2.45, 2.75) is 56.8 Å². The molecule has 0 N–H and O–H groups in total. The van der Waals surface area contributed by atoms with Gasteiger partial charge in [-0.3, -0.25) is 14.5 Å². The van der Waals surface area contributed by atoms with Gasteiger partial charge in [-0.15, -0.1) is 0 Å². The number of halogens is 3. The molecule has 0 radical (unpaired) electrons. The normalized spacial score (nSPS) is 29.7. The van der Waals surface area contributed by atoms with E-state index in [1.807, 2.05) is 0 Å². The summed E-state index contributed by atoms with van der Waals surface area (Å²) in [5.74, 6) is 1.24. The Bertz CT molecular complexity index is 864. The fourth-order valence-corrected chi connectivity index (χ4v) is 6.36. The van der Waals surface area contributed by atoms with Crippen molar-refractivity contribution in [1.82, 2.24) is 14.7 Å². The van der Waals surface area contributed by atoms with Gasteiger partial charge in [0.15, 0.2) is 0 Å². The number of piperidine rings is 4. The van der Waals surface area contributed by atoms with Gasteiger partial charge < -0.3 is 9.80 Å². The Morgan fingerprint density at radius 2 is 1.69 bits per heavy atom. The van der Waals surface area contributed by atoms with Gasteiger partial charge in [0.25, 0.3) is 5.91 Å². The molecule has 2 amide bonds. The van der Waals surface area contributed by atoms with Crippen LogP contribution in [-0.2, 0) is 11.0 Å². The van der Waals surface area contributed by atoms with Crippen LogP contribution >= 0.6 is 0 Å². The van der Waals surface area contributed by atoms with E-state index in [4.69, 9.17) is 0 Å². The predicted molar refractivity (Wildman–Crippen MR) is 113 cm³/mol. The molecule has 3 atom stereocenters. The Hall–Kier alpha value is -2.09. The largest absolute Gasteiger partial charge is 0.416 e. The predicted octanol–water partition coefficient (Wildman–Crippen LogP) is 3.64. The fourth-order valence-electron chi connectivity index (χ4n) is 6.36. The second-order valence-electron chi connectivity index (χ2n) is 9.92. The lowest BCUT2D eigenvalue weighted by molar-refractivity contribution is -0.145. The van der Waals surface area contributed by atoms with Crippen molar-refractivity contribution in [1.29, 1.82) is 0 Å². The highest BCUT2D eigenvalue weighted by Crippen LogP contribution is 2.39. The molecule has 5 nitrogen and oxygen atoms in total. The van der Waals surface area contributed by atoms with Gasteiger partial charge in [-0.2, -0.15) is 13.2 Å². The summed E-state index contributed by atoms with van der Waals surface area (Å²) in [6.07, 6.45) is 1.43. The first kappa shape index (κ1) is 21.7. The van der Waals surface area contributed by atoms with Crippen LogP contribution in [0, 0.1) is 11.8 Å². The molecule has 1 aromatic rings. The molecule has 1 aromatic carbocycles. The number of hydrogen-bond donors (Lipinski definition) is 0. The maximum absolute atomic E-state index is 12.8. The summed E-state index contributed by atoms with van der Waals surface area (Å²) in [7, 11) is 0. The number of carbonyl (C=O) groups is 2. The van der Waals surface area contributed by atoms with Crippen molar-refractivity contribution >= 4 is 11.8 Å². The molecular formula is C24H30F3N3O2. The van der Waals surface area contributed by atoms with Crippen LogP contribution in [-0.4, -0.2) is 71.3 Å². The summed E-state index contributed by atoms with van der Waals surface area (Å²) in [4.78, 5) is 31.7. The molecule has 174 valence electrons. The van der Waals surface area contributed by atoms with Crippen LogP contribution in [0.3, 0.4) is 0 Å². The van der Waals surface area contributed by atoms with Crippen molar-refractivity contribution < 1.29 is 22.8 Å². The molecule has 0 aliphatic carbocycles. The number of amides is 2. The maximum atomic E-state index is 12.8. The van der Waals surface area contributed by atoms with Gasteiger partial charge in [0.1, 0.15) is 0 Å². The first-order chi connectivity index (χ1) is 15.3. The molecule has 4 heterocycles. The number of nitrogens with zero attached hydrogens (tertiary/aromatic N) is 3. The number of likely N-dealkylation sites (tertiary alicyclic amines) is 2. The van der Waals surface area contributed by atoms with E-state index < -0.39 is 11.7 Å². The van der Waals surface area contributed by atoms with Crippen LogP contribution in [0.4, 0.5) is 13.2 Å². The number of fused-ring (bicyclic) bond motifs is 4. The number of benzene rings is 1. The van der Waals surface area contributed by atoms with Gasteiger partial charge in [0.05, 0.1) is 5.56 Å². The van der Waals surface area contributed by atoms with Crippen LogP contribution in [0.5, 0.6) is 0 Å². The zero-order chi connectivity index (χ0) is 22.5. The summed E-state index contributed by atoms with van der Waals surface area (Å²) in [5, 5.41) is 0. The van der Waals surface area contributed by atoms with Gasteiger partial charge in [0, 0.05) is 56.8 Å². The molecule has 4 aliphatic rings. The zero-order valence-electron chi connectivity index (χ0n) is 18.2. The van der Waals surface area contributed by atoms with Crippen molar-refractivity contribution in [3.63, 3.8) is 0 Å². The highest BCUT2D eigenvalue weighted by molar-refractivity contribution is 5.94. The first-order valence-corrected chi connectivity index (χ1v) is 11.8. The Balaban J connectivity index is 1.17. The van der Waals surface area contributed by atoms with Gasteiger partial charge in [-0.05, 0) is 68.2 Å². The lowest BCUT2D eigenvalue weighted by Crippen LogP contribution is -2.62. The first-order valence-electron chi connectivity index (χ1n) is 11.8. The summed E-state index contributed by atoms with van der Waals surface area (Å²) < 4.78 is 38.3. The average Bonchev–Trinajstić information content (AvgIpc) is 2.79. The molecule has 5 rings (SSSR count). The maximum Gasteiger partial charge on any atom is 0.416 e. The van der Waals surface area contributed by atoms with E-state index in [0.29, 0.717) is 54.9 Å². The van der Waals surface area contributed by atoms with E-state index in [1.54, 1.807) is 4.90 Å². The number of rotatable bonds is 2. The fraction of sp³-hybridized carbons (Fsp3) is 0.667. The lowest BCUT2D eigenvalue weighted by Gasteiger charge is -2.54. The van der Waals surface area contributed by atoms with E-state index in [2.05, 4.69) is 9.80 Å². The van der Waals surface area contributed by atoms with E-state index in [0.717, 1.165) is 57.5 Å². The molecule has 8 heteroatoms. The molecule has 0 saturated carbocycles. The zero-order valence-corrected chi connectivity index (χ0v) is 18.2. The Morgan fingerprint density at radius 1 is 0.969 bits per heavy atom. The third-order valence-electron chi connectivity index (χ3n) is 7.94. The van der Waals surface area contributed by atoms with Crippen molar-refractivity contribution in [2.75, 3.05) is 32.7 Å². The van der Waals surface area contributed by atoms with Gasteiger partial charge >= 0.3 is 6.18 Å². The molecule has 32 heavy (non-hydrogen) atoms. The summed E-state index contributed by atoms with van der Waals surface area (Å²) in [6.45, 7) is 4.20. The molecule has 4 aliphatic heterocycles. The Kier molecular flexibility index (Phi) is 5.68. The van der Waals surface area contributed by atoms with E-state index in [1.165, 1.54) is 18.6 Å². The second-order valence-corrected chi connectivity index (χ2v) is 9.92. The third kappa shape index (κ3) is 4.14. The minimum absolute atomic E-state index is 0.191. The van der Waals surface area contributed by atoms with Crippen molar-refractivity contribution in [3.05, 3.63) is 35.4 Å². The molecule has 2 unspecified atom stereocenters. The average molecular weight is 450 g/mol. The van der Waals surface area contributed by atoms with Crippen LogP contribution in [0.25, 0.3) is 0 Å². The minimum atomic E-state index is -4.39. The van der Waals surface area contributed by atoms with Crippen LogP contribution in [0.2, 0.25) is 0 Å². The van der Waals surface area contributed by atoms with Gasteiger partial charge in [-0.25, -0.2) is 0 Å². The molecule has 0 aromatic heterocycles.